The van der Waals surface area contributed by atoms with Crippen LogP contribution in [0.15, 0.2) is 30.6 Å². The Kier molecular flexibility index (Phi) is 5.68. The molecule has 7 heteroatoms. The summed E-state index contributed by atoms with van der Waals surface area (Å²) in [6.07, 6.45) is 2.40. The molecule has 2 aromatic heterocycles. The average molecular weight is 370 g/mol. The fraction of sp³-hybridized carbons (Fsp3) is 0.316. The number of carbonyl (C=O) groups is 1. The standard InChI is InChI=1S/C19H22N4O2S/c1-4-20-18(24)16-12(2)15-17(22-11-23-19(15)26-16)21-10-9-13-5-7-14(25-3)8-6-13/h5-8,11H,4,9-10H2,1-3H3,(H,20,24)(H,21,22,23). The highest BCUT2D eigenvalue weighted by atomic mass is 32.1. The van der Waals surface area contributed by atoms with E-state index in [1.165, 1.54) is 23.2 Å². The van der Waals surface area contributed by atoms with Crippen molar-refractivity contribution in [3.8, 4) is 5.75 Å². The van der Waals surface area contributed by atoms with Crippen LogP contribution in [-0.2, 0) is 6.42 Å². The maximum Gasteiger partial charge on any atom is 0.261 e. The van der Waals surface area contributed by atoms with Crippen molar-refractivity contribution in [1.82, 2.24) is 15.3 Å². The zero-order valence-corrected chi connectivity index (χ0v) is 15.9. The molecule has 0 saturated heterocycles. The highest BCUT2D eigenvalue weighted by Crippen LogP contribution is 2.33. The summed E-state index contributed by atoms with van der Waals surface area (Å²) in [5.74, 6) is 1.57. The number of nitrogens with zero attached hydrogens (tertiary/aromatic N) is 2. The Balaban J connectivity index is 1.76. The van der Waals surface area contributed by atoms with Crippen LogP contribution in [0, 0.1) is 6.92 Å². The van der Waals surface area contributed by atoms with Crippen LogP contribution in [-0.4, -0.2) is 36.1 Å². The van der Waals surface area contributed by atoms with E-state index in [1.54, 1.807) is 7.11 Å². The van der Waals surface area contributed by atoms with Gasteiger partial charge in [0.15, 0.2) is 0 Å². The predicted octanol–water partition coefficient (Wildman–Crippen LogP) is 3.41. The van der Waals surface area contributed by atoms with Gasteiger partial charge in [-0.15, -0.1) is 11.3 Å². The molecule has 2 heterocycles. The first-order valence-corrected chi connectivity index (χ1v) is 9.34. The van der Waals surface area contributed by atoms with Crippen molar-refractivity contribution in [3.63, 3.8) is 0 Å². The highest BCUT2D eigenvalue weighted by molar-refractivity contribution is 7.20. The smallest absolute Gasteiger partial charge is 0.261 e. The maximum absolute atomic E-state index is 12.2. The Hall–Kier alpha value is -2.67. The van der Waals surface area contributed by atoms with Gasteiger partial charge in [-0.25, -0.2) is 9.97 Å². The molecule has 0 spiro atoms. The quantitative estimate of drug-likeness (QED) is 0.666. The SMILES string of the molecule is CCNC(=O)c1sc2ncnc(NCCc3ccc(OC)cc3)c2c1C. The van der Waals surface area contributed by atoms with Crippen molar-refractivity contribution in [3.05, 3.63) is 46.6 Å². The molecule has 0 aliphatic rings. The summed E-state index contributed by atoms with van der Waals surface area (Å²) < 4.78 is 5.18. The van der Waals surface area contributed by atoms with Gasteiger partial charge >= 0.3 is 0 Å². The average Bonchev–Trinajstić information content (AvgIpc) is 3.00. The van der Waals surface area contributed by atoms with Crippen molar-refractivity contribution in [1.29, 1.82) is 0 Å². The molecular formula is C19H22N4O2S. The molecule has 0 aliphatic carbocycles. The molecule has 136 valence electrons. The van der Waals surface area contributed by atoms with Gasteiger partial charge < -0.3 is 15.4 Å². The maximum atomic E-state index is 12.2. The number of thiophene rings is 1. The normalized spacial score (nSPS) is 10.7. The van der Waals surface area contributed by atoms with Crippen molar-refractivity contribution in [2.75, 3.05) is 25.5 Å². The van der Waals surface area contributed by atoms with Crippen LogP contribution in [0.25, 0.3) is 10.2 Å². The number of amides is 1. The van der Waals surface area contributed by atoms with Crippen LogP contribution in [0.3, 0.4) is 0 Å². The number of nitrogens with one attached hydrogen (secondary N) is 2. The lowest BCUT2D eigenvalue weighted by molar-refractivity contribution is 0.0959. The summed E-state index contributed by atoms with van der Waals surface area (Å²) in [5, 5.41) is 7.16. The third-order valence-electron chi connectivity index (χ3n) is 4.14. The summed E-state index contributed by atoms with van der Waals surface area (Å²) >= 11 is 1.40. The minimum absolute atomic E-state index is 0.0582. The summed E-state index contributed by atoms with van der Waals surface area (Å²) in [6, 6.07) is 8.03. The van der Waals surface area contributed by atoms with Gasteiger partial charge in [-0.05, 0) is 43.5 Å². The first kappa shape index (κ1) is 18.1. The fourth-order valence-corrected chi connectivity index (χ4v) is 3.85. The number of ether oxygens (including phenoxy) is 1. The Labute approximate surface area is 156 Å². The molecule has 0 aliphatic heterocycles. The van der Waals surface area contributed by atoms with Crippen LogP contribution >= 0.6 is 11.3 Å². The lowest BCUT2D eigenvalue weighted by Gasteiger charge is -2.08. The number of fused-ring (bicyclic) bond motifs is 1. The molecule has 1 aromatic carbocycles. The zero-order valence-electron chi connectivity index (χ0n) is 15.1. The van der Waals surface area contributed by atoms with E-state index in [0.717, 1.165) is 40.3 Å². The molecule has 0 radical (unpaired) electrons. The minimum atomic E-state index is -0.0582. The molecule has 0 atom stereocenters. The molecule has 2 N–H and O–H groups in total. The molecule has 0 saturated carbocycles. The van der Waals surface area contributed by atoms with Gasteiger partial charge in [-0.1, -0.05) is 12.1 Å². The second-order valence-corrected chi connectivity index (χ2v) is 6.84. The largest absolute Gasteiger partial charge is 0.497 e. The molecule has 6 nitrogen and oxygen atoms in total. The number of hydrogen-bond donors (Lipinski definition) is 2. The molecule has 3 aromatic rings. The Bertz CT molecular complexity index is 906. The molecule has 3 rings (SSSR count). The number of rotatable bonds is 7. The number of hydrogen-bond acceptors (Lipinski definition) is 6. The van der Waals surface area contributed by atoms with E-state index in [0.29, 0.717) is 11.4 Å². The van der Waals surface area contributed by atoms with Gasteiger partial charge in [-0.3, -0.25) is 4.79 Å². The van der Waals surface area contributed by atoms with E-state index in [-0.39, 0.29) is 5.91 Å². The Morgan fingerprint density at radius 2 is 2.00 bits per heavy atom. The number of benzene rings is 1. The van der Waals surface area contributed by atoms with Crippen LogP contribution in [0.4, 0.5) is 5.82 Å². The van der Waals surface area contributed by atoms with Crippen molar-refractivity contribution < 1.29 is 9.53 Å². The number of aromatic nitrogens is 2. The van der Waals surface area contributed by atoms with Crippen LogP contribution in [0.2, 0.25) is 0 Å². The van der Waals surface area contributed by atoms with Gasteiger partial charge in [0.25, 0.3) is 5.91 Å². The van der Waals surface area contributed by atoms with Gasteiger partial charge in [0.05, 0.1) is 17.4 Å². The summed E-state index contributed by atoms with van der Waals surface area (Å²) in [7, 11) is 1.66. The number of anilines is 1. The van der Waals surface area contributed by atoms with Crippen LogP contribution < -0.4 is 15.4 Å². The molecule has 0 bridgehead atoms. The van der Waals surface area contributed by atoms with Crippen LogP contribution in [0.5, 0.6) is 5.75 Å². The van der Waals surface area contributed by atoms with Crippen molar-refractivity contribution >= 4 is 33.3 Å². The van der Waals surface area contributed by atoms with Crippen LogP contribution in [0.1, 0.15) is 27.7 Å². The molecular weight excluding hydrogens is 348 g/mol. The number of carbonyl (C=O) groups excluding carboxylic acids is 1. The topological polar surface area (TPSA) is 76.1 Å². The summed E-state index contributed by atoms with van der Waals surface area (Å²) in [6.45, 7) is 5.20. The lowest BCUT2D eigenvalue weighted by Crippen LogP contribution is -2.22. The van der Waals surface area contributed by atoms with E-state index < -0.39 is 0 Å². The third-order valence-corrected chi connectivity index (χ3v) is 5.33. The highest BCUT2D eigenvalue weighted by Gasteiger charge is 2.18. The molecule has 1 amide bonds. The van der Waals surface area contributed by atoms with Gasteiger partial charge in [0.2, 0.25) is 0 Å². The first-order chi connectivity index (χ1) is 12.6. The van der Waals surface area contributed by atoms with E-state index in [1.807, 2.05) is 26.0 Å². The van der Waals surface area contributed by atoms with Gasteiger partial charge in [0, 0.05) is 13.1 Å². The second-order valence-electron chi connectivity index (χ2n) is 5.84. The van der Waals surface area contributed by atoms with E-state index in [2.05, 4.69) is 32.7 Å². The van der Waals surface area contributed by atoms with Gasteiger partial charge in [0.1, 0.15) is 22.7 Å². The minimum Gasteiger partial charge on any atom is -0.497 e. The summed E-state index contributed by atoms with van der Waals surface area (Å²) in [5.41, 5.74) is 2.14. The van der Waals surface area contributed by atoms with Crippen molar-refractivity contribution in [2.45, 2.75) is 20.3 Å². The lowest BCUT2D eigenvalue weighted by atomic mass is 10.1. The molecule has 26 heavy (non-hydrogen) atoms. The predicted molar refractivity (Wildman–Crippen MR) is 105 cm³/mol. The third kappa shape index (κ3) is 3.77. The monoisotopic (exact) mass is 370 g/mol. The van der Waals surface area contributed by atoms with Crippen molar-refractivity contribution in [2.24, 2.45) is 0 Å². The zero-order chi connectivity index (χ0) is 18.5. The molecule has 0 fully saturated rings. The van der Waals surface area contributed by atoms with E-state index in [9.17, 15) is 4.79 Å². The Morgan fingerprint density at radius 3 is 2.69 bits per heavy atom. The fourth-order valence-electron chi connectivity index (χ4n) is 2.78. The van der Waals surface area contributed by atoms with E-state index in [4.69, 9.17) is 4.74 Å². The first-order valence-electron chi connectivity index (χ1n) is 8.53. The van der Waals surface area contributed by atoms with E-state index >= 15 is 0 Å². The second kappa shape index (κ2) is 8.14. The number of aryl methyl sites for hydroxylation is 1. The number of methoxy groups -OCH3 is 1. The van der Waals surface area contributed by atoms with Gasteiger partial charge in [-0.2, -0.15) is 0 Å². The molecule has 0 unspecified atom stereocenters. The Morgan fingerprint density at radius 1 is 1.23 bits per heavy atom. The summed E-state index contributed by atoms with van der Waals surface area (Å²) in [4.78, 5) is 22.4.